The smallest absolute Gasteiger partial charge is 0.164 e. The molecule has 0 amide bonds. The van der Waals surface area contributed by atoms with E-state index in [1.807, 2.05) is 60.7 Å². The third-order valence-electron chi connectivity index (χ3n) is 10.4. The van der Waals surface area contributed by atoms with E-state index in [0.717, 1.165) is 66.2 Å². The molecule has 11 aromatic rings. The second-order valence-electron chi connectivity index (χ2n) is 13.6. The zero-order valence-corrected chi connectivity index (χ0v) is 29.0. The first kappa shape index (κ1) is 30.3. The van der Waals surface area contributed by atoms with Crippen molar-refractivity contribution in [3.05, 3.63) is 182 Å². The van der Waals surface area contributed by atoms with E-state index in [-0.39, 0.29) is 0 Å². The van der Waals surface area contributed by atoms with E-state index >= 15 is 0 Å². The Balaban J connectivity index is 1.09. The Morgan fingerprint density at radius 3 is 1.63 bits per heavy atom. The van der Waals surface area contributed by atoms with Crippen LogP contribution in [-0.4, -0.2) is 19.5 Å². The lowest BCUT2D eigenvalue weighted by Crippen LogP contribution is -2.00. The molecule has 0 saturated heterocycles. The maximum absolute atomic E-state index is 6.76. The van der Waals surface area contributed by atoms with Crippen molar-refractivity contribution in [2.75, 3.05) is 0 Å². The molecule has 5 nitrogen and oxygen atoms in total. The minimum Gasteiger partial charge on any atom is -0.456 e. The van der Waals surface area contributed by atoms with Gasteiger partial charge in [0.05, 0.1) is 11.0 Å². The van der Waals surface area contributed by atoms with Crippen LogP contribution in [0.25, 0.3) is 105 Å². The first-order chi connectivity index (χ1) is 26.8. The summed E-state index contributed by atoms with van der Waals surface area (Å²) in [5.41, 5.74) is 10.1. The molecule has 8 aromatic carbocycles. The van der Waals surface area contributed by atoms with Crippen molar-refractivity contribution in [2.45, 2.75) is 0 Å². The van der Waals surface area contributed by atoms with Gasteiger partial charge in [-0.05, 0) is 70.4 Å². The van der Waals surface area contributed by atoms with Gasteiger partial charge in [0.2, 0.25) is 0 Å². The maximum Gasteiger partial charge on any atom is 0.164 e. The van der Waals surface area contributed by atoms with Crippen LogP contribution in [0.15, 0.2) is 186 Å². The lowest BCUT2D eigenvalue weighted by molar-refractivity contribution is 0.669. The standard InChI is InChI=1S/C49H30N4O/c1-4-14-31(15-5-1)47-50-48(32-16-6-2-7-17-32)52-49(51-47)41-30-45-46(38-22-11-10-20-36(38)41)39-26-24-34(29-44(39)54-45)33-25-27-43-40(28-33)37-21-12-13-23-42(37)53(43)35-18-8-3-9-19-35/h1-30H. The molecule has 0 saturated carbocycles. The normalized spacial score (nSPS) is 11.7. The van der Waals surface area contributed by atoms with E-state index in [1.54, 1.807) is 0 Å². The minimum absolute atomic E-state index is 0.602. The Kier molecular flexibility index (Phi) is 6.79. The third-order valence-corrected chi connectivity index (χ3v) is 10.4. The summed E-state index contributed by atoms with van der Waals surface area (Å²) in [5.74, 6) is 1.85. The van der Waals surface area contributed by atoms with E-state index < -0.39 is 0 Å². The van der Waals surface area contributed by atoms with Crippen molar-refractivity contribution in [2.24, 2.45) is 0 Å². The van der Waals surface area contributed by atoms with Gasteiger partial charge < -0.3 is 8.98 Å². The molecule has 3 aromatic heterocycles. The molecular weight excluding hydrogens is 661 g/mol. The van der Waals surface area contributed by atoms with Crippen molar-refractivity contribution >= 4 is 54.5 Å². The number of para-hydroxylation sites is 2. The lowest BCUT2D eigenvalue weighted by Gasteiger charge is -2.11. The van der Waals surface area contributed by atoms with Crippen molar-refractivity contribution in [3.8, 4) is 51.0 Å². The second-order valence-corrected chi connectivity index (χ2v) is 13.6. The highest BCUT2D eigenvalue weighted by Crippen LogP contribution is 2.42. The van der Waals surface area contributed by atoms with Crippen molar-refractivity contribution in [1.29, 1.82) is 0 Å². The summed E-state index contributed by atoms with van der Waals surface area (Å²) < 4.78 is 9.10. The lowest BCUT2D eigenvalue weighted by atomic mass is 9.97. The van der Waals surface area contributed by atoms with Crippen molar-refractivity contribution in [3.63, 3.8) is 0 Å². The molecule has 0 atom stereocenters. The predicted octanol–water partition coefficient (Wildman–Crippen LogP) is 12.7. The Morgan fingerprint density at radius 1 is 0.352 bits per heavy atom. The fourth-order valence-electron chi connectivity index (χ4n) is 7.94. The van der Waals surface area contributed by atoms with Gasteiger partial charge in [-0.3, -0.25) is 0 Å². The molecule has 0 aliphatic rings. The van der Waals surface area contributed by atoms with E-state index in [2.05, 4.69) is 126 Å². The Hall–Kier alpha value is -7.37. The fraction of sp³-hybridized carbons (Fsp3) is 0. The van der Waals surface area contributed by atoms with Crippen LogP contribution in [0.4, 0.5) is 0 Å². The van der Waals surface area contributed by atoms with Gasteiger partial charge in [0.1, 0.15) is 11.2 Å². The number of fused-ring (bicyclic) bond motifs is 8. The van der Waals surface area contributed by atoms with E-state index in [4.69, 9.17) is 19.4 Å². The predicted molar refractivity (Wildman–Crippen MR) is 221 cm³/mol. The van der Waals surface area contributed by atoms with Crippen LogP contribution in [0.1, 0.15) is 0 Å². The third kappa shape index (κ3) is 4.83. The molecule has 0 spiro atoms. The largest absolute Gasteiger partial charge is 0.456 e. The summed E-state index contributed by atoms with van der Waals surface area (Å²) in [5, 5.41) is 6.75. The van der Waals surface area contributed by atoms with Gasteiger partial charge in [-0.15, -0.1) is 0 Å². The number of rotatable bonds is 5. The van der Waals surface area contributed by atoms with Crippen LogP contribution in [0.5, 0.6) is 0 Å². The summed E-state index contributed by atoms with van der Waals surface area (Å²) in [6, 6.07) is 63.3. The summed E-state index contributed by atoms with van der Waals surface area (Å²) >= 11 is 0. The Morgan fingerprint density at radius 2 is 0.907 bits per heavy atom. The number of hydrogen-bond donors (Lipinski definition) is 0. The molecule has 11 rings (SSSR count). The molecule has 0 N–H and O–H groups in total. The molecular formula is C49H30N4O. The van der Waals surface area contributed by atoms with Crippen LogP contribution in [-0.2, 0) is 0 Å². The van der Waals surface area contributed by atoms with Gasteiger partial charge in [-0.1, -0.05) is 133 Å². The van der Waals surface area contributed by atoms with Gasteiger partial charge in [-0.25, -0.2) is 15.0 Å². The summed E-state index contributed by atoms with van der Waals surface area (Å²) in [6.07, 6.45) is 0. The van der Waals surface area contributed by atoms with Gasteiger partial charge in [0, 0.05) is 43.9 Å². The van der Waals surface area contributed by atoms with Gasteiger partial charge >= 0.3 is 0 Å². The first-order valence-electron chi connectivity index (χ1n) is 18.1. The minimum atomic E-state index is 0.602. The first-order valence-corrected chi connectivity index (χ1v) is 18.1. The number of aromatic nitrogens is 4. The Labute approximate surface area is 310 Å². The maximum atomic E-state index is 6.76. The van der Waals surface area contributed by atoms with E-state index in [9.17, 15) is 0 Å². The molecule has 0 bridgehead atoms. The molecule has 54 heavy (non-hydrogen) atoms. The molecule has 252 valence electrons. The molecule has 0 unspecified atom stereocenters. The zero-order valence-electron chi connectivity index (χ0n) is 29.0. The van der Waals surface area contributed by atoms with Crippen LogP contribution < -0.4 is 0 Å². The highest BCUT2D eigenvalue weighted by Gasteiger charge is 2.20. The number of benzene rings is 8. The molecule has 0 fully saturated rings. The topological polar surface area (TPSA) is 56.7 Å². The summed E-state index contributed by atoms with van der Waals surface area (Å²) in [6.45, 7) is 0. The quantitative estimate of drug-likeness (QED) is 0.180. The average molecular weight is 691 g/mol. The van der Waals surface area contributed by atoms with E-state index in [0.29, 0.717) is 17.5 Å². The monoisotopic (exact) mass is 690 g/mol. The van der Waals surface area contributed by atoms with Crippen LogP contribution in [0.2, 0.25) is 0 Å². The fourth-order valence-corrected chi connectivity index (χ4v) is 7.94. The zero-order chi connectivity index (χ0) is 35.6. The van der Waals surface area contributed by atoms with Crippen molar-refractivity contribution in [1.82, 2.24) is 19.5 Å². The SMILES string of the molecule is c1ccc(-c2nc(-c3ccccc3)nc(-c3cc4oc5cc(-c6ccc7c(c6)c6ccccc6n7-c6ccccc6)ccc5c4c4ccccc34)n2)cc1. The van der Waals surface area contributed by atoms with Gasteiger partial charge in [-0.2, -0.15) is 0 Å². The van der Waals surface area contributed by atoms with Crippen LogP contribution >= 0.6 is 0 Å². The van der Waals surface area contributed by atoms with Crippen LogP contribution in [0, 0.1) is 0 Å². The van der Waals surface area contributed by atoms with Crippen molar-refractivity contribution < 1.29 is 4.42 Å². The molecule has 0 radical (unpaired) electrons. The molecule has 3 heterocycles. The summed E-state index contributed by atoms with van der Waals surface area (Å²) in [7, 11) is 0. The number of nitrogens with zero attached hydrogens (tertiary/aromatic N) is 4. The highest BCUT2D eigenvalue weighted by atomic mass is 16.3. The summed E-state index contributed by atoms with van der Waals surface area (Å²) in [4.78, 5) is 15.1. The molecule has 0 aliphatic carbocycles. The molecule has 0 aliphatic heterocycles. The second kappa shape index (κ2) is 12.1. The van der Waals surface area contributed by atoms with E-state index in [1.165, 1.54) is 21.8 Å². The highest BCUT2D eigenvalue weighted by molar-refractivity contribution is 6.22. The molecule has 5 heteroatoms. The number of furan rings is 1. The van der Waals surface area contributed by atoms with Gasteiger partial charge in [0.15, 0.2) is 17.5 Å². The number of hydrogen-bond acceptors (Lipinski definition) is 4. The Bertz CT molecular complexity index is 3140. The average Bonchev–Trinajstić information content (AvgIpc) is 3.79. The van der Waals surface area contributed by atoms with Crippen LogP contribution in [0.3, 0.4) is 0 Å². The van der Waals surface area contributed by atoms with Gasteiger partial charge in [0.25, 0.3) is 0 Å².